The third kappa shape index (κ3) is 3.68. The van der Waals surface area contributed by atoms with Gasteiger partial charge in [-0.2, -0.15) is 0 Å². The lowest BCUT2D eigenvalue weighted by molar-refractivity contribution is -0.380. The number of nitrogens with one attached hydrogen (secondary N) is 1. The van der Waals surface area contributed by atoms with Crippen molar-refractivity contribution < 1.29 is 9.72 Å². The Morgan fingerprint density at radius 1 is 1.60 bits per heavy atom. The normalized spacial score (nSPS) is 17.6. The van der Waals surface area contributed by atoms with Crippen LogP contribution in [0.3, 0.4) is 0 Å². The minimum atomic E-state index is -0.456. The van der Waals surface area contributed by atoms with Crippen molar-refractivity contribution in [3.63, 3.8) is 0 Å². The Kier molecular flexibility index (Phi) is 6.38. The molecule has 1 unspecified atom stereocenters. The molecule has 1 atom stereocenters. The monoisotopic (exact) mass is 319 g/mol. The SMILES string of the molecule is CCCN(C(=O)c1ccc([N+](=O)[O-])s1)C1CCNC1.Cl. The van der Waals surface area contributed by atoms with Crippen LogP contribution in [0.4, 0.5) is 5.00 Å². The van der Waals surface area contributed by atoms with Crippen LogP contribution in [0.5, 0.6) is 0 Å². The number of hydrogen-bond donors (Lipinski definition) is 1. The Labute approximate surface area is 127 Å². The van der Waals surface area contributed by atoms with Crippen molar-refractivity contribution in [3.8, 4) is 0 Å². The number of nitro groups is 1. The minimum absolute atomic E-state index is 0. The summed E-state index contributed by atoms with van der Waals surface area (Å²) in [6.07, 6.45) is 1.83. The molecule has 112 valence electrons. The van der Waals surface area contributed by atoms with E-state index in [9.17, 15) is 14.9 Å². The van der Waals surface area contributed by atoms with Crippen LogP contribution in [0.1, 0.15) is 29.4 Å². The minimum Gasteiger partial charge on any atom is -0.334 e. The summed E-state index contributed by atoms with van der Waals surface area (Å²) in [5, 5.41) is 13.9. The van der Waals surface area contributed by atoms with Gasteiger partial charge in [-0.3, -0.25) is 14.9 Å². The quantitative estimate of drug-likeness (QED) is 0.667. The molecule has 1 fully saturated rings. The van der Waals surface area contributed by atoms with Gasteiger partial charge in [0.05, 0.1) is 9.80 Å². The Hall–Kier alpha value is -1.18. The van der Waals surface area contributed by atoms with E-state index in [0.717, 1.165) is 37.3 Å². The Bertz CT molecular complexity index is 474. The average Bonchev–Trinajstić information content (AvgIpc) is 3.05. The fraction of sp³-hybridized carbons (Fsp3) is 0.583. The number of nitrogens with zero attached hydrogens (tertiary/aromatic N) is 2. The number of carbonyl (C=O) groups is 1. The number of rotatable bonds is 5. The molecule has 2 heterocycles. The second-order valence-corrected chi connectivity index (χ2v) is 5.60. The molecule has 1 amide bonds. The van der Waals surface area contributed by atoms with Gasteiger partial charge < -0.3 is 10.2 Å². The van der Waals surface area contributed by atoms with E-state index in [1.54, 1.807) is 6.07 Å². The van der Waals surface area contributed by atoms with E-state index < -0.39 is 4.92 Å². The highest BCUT2D eigenvalue weighted by Crippen LogP contribution is 2.26. The number of carbonyl (C=O) groups excluding carboxylic acids is 1. The molecule has 1 aromatic rings. The molecule has 20 heavy (non-hydrogen) atoms. The first-order valence-electron chi connectivity index (χ1n) is 6.39. The largest absolute Gasteiger partial charge is 0.334 e. The zero-order valence-corrected chi connectivity index (χ0v) is 12.8. The van der Waals surface area contributed by atoms with E-state index in [1.807, 2.05) is 11.8 Å². The molecule has 0 radical (unpaired) electrons. The highest BCUT2D eigenvalue weighted by atomic mass is 35.5. The summed E-state index contributed by atoms with van der Waals surface area (Å²) in [5.74, 6) is -0.0892. The fourth-order valence-corrected chi connectivity index (χ4v) is 3.06. The molecule has 0 saturated carbocycles. The van der Waals surface area contributed by atoms with Gasteiger partial charge in [-0.25, -0.2) is 0 Å². The Balaban J connectivity index is 0.00000200. The molecular formula is C12H18ClN3O3S. The summed E-state index contributed by atoms with van der Waals surface area (Å²) in [5.41, 5.74) is 0. The van der Waals surface area contributed by atoms with Gasteiger partial charge in [-0.15, -0.1) is 12.4 Å². The van der Waals surface area contributed by atoms with E-state index in [1.165, 1.54) is 6.07 Å². The first-order valence-corrected chi connectivity index (χ1v) is 7.21. The topological polar surface area (TPSA) is 75.5 Å². The lowest BCUT2D eigenvalue weighted by Gasteiger charge is -2.27. The summed E-state index contributed by atoms with van der Waals surface area (Å²) in [6.45, 7) is 4.44. The van der Waals surface area contributed by atoms with Crippen LogP contribution >= 0.6 is 23.7 Å². The summed E-state index contributed by atoms with van der Waals surface area (Å²) < 4.78 is 0. The lowest BCUT2D eigenvalue weighted by atomic mass is 10.2. The molecule has 1 N–H and O–H groups in total. The number of amides is 1. The van der Waals surface area contributed by atoms with Crippen LogP contribution in [-0.4, -0.2) is 41.4 Å². The highest BCUT2D eigenvalue weighted by molar-refractivity contribution is 7.17. The maximum Gasteiger partial charge on any atom is 0.324 e. The molecule has 1 saturated heterocycles. The molecular weight excluding hydrogens is 302 g/mol. The molecule has 2 rings (SSSR count). The van der Waals surface area contributed by atoms with Crippen LogP contribution in [0, 0.1) is 10.1 Å². The second kappa shape index (κ2) is 7.56. The number of hydrogen-bond acceptors (Lipinski definition) is 5. The molecule has 6 nitrogen and oxygen atoms in total. The molecule has 1 aromatic heterocycles. The van der Waals surface area contributed by atoms with Crippen molar-refractivity contribution in [1.82, 2.24) is 10.2 Å². The van der Waals surface area contributed by atoms with Crippen molar-refractivity contribution >= 4 is 34.7 Å². The molecule has 1 aliphatic rings. The molecule has 0 spiro atoms. The van der Waals surface area contributed by atoms with E-state index in [-0.39, 0.29) is 29.4 Å². The van der Waals surface area contributed by atoms with E-state index in [0.29, 0.717) is 11.4 Å². The fourth-order valence-electron chi connectivity index (χ4n) is 2.28. The zero-order valence-electron chi connectivity index (χ0n) is 11.2. The van der Waals surface area contributed by atoms with Crippen LogP contribution in [0.2, 0.25) is 0 Å². The van der Waals surface area contributed by atoms with Gasteiger partial charge in [-0.05, 0) is 25.5 Å². The molecule has 1 aliphatic heterocycles. The van der Waals surface area contributed by atoms with Gasteiger partial charge in [0.1, 0.15) is 0 Å². The van der Waals surface area contributed by atoms with Gasteiger partial charge in [0.15, 0.2) is 0 Å². The zero-order chi connectivity index (χ0) is 13.8. The molecule has 0 aliphatic carbocycles. The van der Waals surface area contributed by atoms with Crippen molar-refractivity contribution in [2.24, 2.45) is 0 Å². The molecule has 0 bridgehead atoms. The maximum absolute atomic E-state index is 12.4. The van der Waals surface area contributed by atoms with Crippen molar-refractivity contribution in [1.29, 1.82) is 0 Å². The van der Waals surface area contributed by atoms with Crippen molar-refractivity contribution in [3.05, 3.63) is 27.1 Å². The highest BCUT2D eigenvalue weighted by Gasteiger charge is 2.28. The predicted octanol–water partition coefficient (Wildman–Crippen LogP) is 2.29. The van der Waals surface area contributed by atoms with E-state index in [4.69, 9.17) is 0 Å². The van der Waals surface area contributed by atoms with Crippen molar-refractivity contribution in [2.75, 3.05) is 19.6 Å². The summed E-state index contributed by atoms with van der Waals surface area (Å²) in [7, 11) is 0. The second-order valence-electron chi connectivity index (χ2n) is 4.54. The van der Waals surface area contributed by atoms with E-state index in [2.05, 4.69) is 5.32 Å². The van der Waals surface area contributed by atoms with Crippen LogP contribution in [0.15, 0.2) is 12.1 Å². The van der Waals surface area contributed by atoms with Gasteiger partial charge >= 0.3 is 5.00 Å². The van der Waals surface area contributed by atoms with E-state index >= 15 is 0 Å². The van der Waals surface area contributed by atoms with Crippen LogP contribution in [-0.2, 0) is 0 Å². The van der Waals surface area contributed by atoms with Crippen LogP contribution < -0.4 is 5.32 Å². The summed E-state index contributed by atoms with van der Waals surface area (Å²) >= 11 is 0.951. The summed E-state index contributed by atoms with van der Waals surface area (Å²) in [6, 6.07) is 3.15. The lowest BCUT2D eigenvalue weighted by Crippen LogP contribution is -2.41. The third-order valence-corrected chi connectivity index (χ3v) is 4.21. The predicted molar refractivity (Wildman–Crippen MR) is 80.8 cm³/mol. The third-order valence-electron chi connectivity index (χ3n) is 3.18. The van der Waals surface area contributed by atoms with Gasteiger partial charge in [0.25, 0.3) is 5.91 Å². The average molecular weight is 320 g/mol. The Morgan fingerprint density at radius 3 is 2.85 bits per heavy atom. The maximum atomic E-state index is 12.4. The smallest absolute Gasteiger partial charge is 0.324 e. The van der Waals surface area contributed by atoms with Crippen LogP contribution in [0.25, 0.3) is 0 Å². The van der Waals surface area contributed by atoms with Gasteiger partial charge in [0.2, 0.25) is 0 Å². The molecule has 8 heteroatoms. The Morgan fingerprint density at radius 2 is 2.35 bits per heavy atom. The standard InChI is InChI=1S/C12H17N3O3S.ClH/c1-2-7-14(9-5-6-13-8-9)12(16)10-3-4-11(19-10)15(17)18;/h3-4,9,13H,2,5-8H2,1H3;1H. The summed E-state index contributed by atoms with van der Waals surface area (Å²) in [4.78, 5) is 25.0. The molecule has 0 aromatic carbocycles. The first kappa shape index (κ1) is 16.9. The van der Waals surface area contributed by atoms with Crippen molar-refractivity contribution in [2.45, 2.75) is 25.8 Å². The van der Waals surface area contributed by atoms with Gasteiger partial charge in [0, 0.05) is 25.2 Å². The van der Waals surface area contributed by atoms with Gasteiger partial charge in [-0.1, -0.05) is 18.3 Å². The number of thiophene rings is 1. The first-order chi connectivity index (χ1) is 9.13. The number of halogens is 1.